The molecule has 4 rings (SSSR count). The maximum absolute atomic E-state index is 13.8. The van der Waals surface area contributed by atoms with Crippen molar-refractivity contribution in [2.24, 2.45) is 0 Å². The molecule has 0 atom stereocenters. The van der Waals surface area contributed by atoms with Crippen molar-refractivity contribution < 1.29 is 27.6 Å². The fourth-order valence-electron chi connectivity index (χ4n) is 3.54. The first-order valence-electron chi connectivity index (χ1n) is 11.1. The average Bonchev–Trinajstić information content (AvgIpc) is 3.23. The van der Waals surface area contributed by atoms with Gasteiger partial charge in [-0.1, -0.05) is 32.4 Å². The van der Waals surface area contributed by atoms with E-state index in [1.54, 1.807) is 45.9 Å². The molecule has 0 unspecified atom stereocenters. The van der Waals surface area contributed by atoms with Gasteiger partial charge in [0.25, 0.3) is 11.6 Å². The molecule has 0 bridgehead atoms. The summed E-state index contributed by atoms with van der Waals surface area (Å²) in [5, 5.41) is 18.2. The highest BCUT2D eigenvalue weighted by molar-refractivity contribution is 6.30. The van der Waals surface area contributed by atoms with Crippen LogP contribution in [0.15, 0.2) is 48.5 Å². The van der Waals surface area contributed by atoms with Crippen molar-refractivity contribution in [3.8, 4) is 11.5 Å². The SMILES string of the molecule is Cc1cc(Cl)ccc1Oc1cc(NC(=O)c2cc3nc(C(C)(C)C)cc(C(F)(F)F)n3n2)cc([N+](=O)[O-])c1. The summed E-state index contributed by atoms with van der Waals surface area (Å²) in [5.41, 5.74) is -1.89. The van der Waals surface area contributed by atoms with Gasteiger partial charge in [0.2, 0.25) is 0 Å². The second kappa shape index (κ2) is 9.60. The molecule has 2 heterocycles. The summed E-state index contributed by atoms with van der Waals surface area (Å²) in [6, 6.07) is 10.4. The Morgan fingerprint density at radius 1 is 1.11 bits per heavy atom. The summed E-state index contributed by atoms with van der Waals surface area (Å²) in [5.74, 6) is -0.464. The summed E-state index contributed by atoms with van der Waals surface area (Å²) < 4.78 is 47.6. The van der Waals surface area contributed by atoms with Gasteiger partial charge in [0.05, 0.1) is 22.4 Å². The molecular formula is C25H21ClF3N5O4. The molecule has 198 valence electrons. The number of amides is 1. The highest BCUT2D eigenvalue weighted by Gasteiger charge is 2.36. The number of hydrogen-bond acceptors (Lipinski definition) is 6. The molecule has 0 aliphatic carbocycles. The number of benzene rings is 2. The summed E-state index contributed by atoms with van der Waals surface area (Å²) in [7, 11) is 0. The molecule has 38 heavy (non-hydrogen) atoms. The van der Waals surface area contributed by atoms with Crippen molar-refractivity contribution in [1.29, 1.82) is 0 Å². The van der Waals surface area contributed by atoms with Gasteiger partial charge in [0, 0.05) is 28.6 Å². The van der Waals surface area contributed by atoms with Crippen molar-refractivity contribution in [3.63, 3.8) is 0 Å². The van der Waals surface area contributed by atoms with Crippen LogP contribution in [0.5, 0.6) is 11.5 Å². The van der Waals surface area contributed by atoms with Crippen molar-refractivity contribution in [3.05, 3.63) is 86.3 Å². The van der Waals surface area contributed by atoms with Crippen LogP contribution in [-0.4, -0.2) is 25.4 Å². The first kappa shape index (κ1) is 26.9. The molecule has 4 aromatic rings. The van der Waals surface area contributed by atoms with Crippen LogP contribution in [0.2, 0.25) is 5.02 Å². The summed E-state index contributed by atoms with van der Waals surface area (Å²) in [4.78, 5) is 28.0. The molecule has 0 aliphatic rings. The van der Waals surface area contributed by atoms with Gasteiger partial charge in [-0.25, -0.2) is 9.50 Å². The number of hydrogen-bond donors (Lipinski definition) is 1. The Morgan fingerprint density at radius 3 is 2.42 bits per heavy atom. The van der Waals surface area contributed by atoms with Gasteiger partial charge in [-0.2, -0.15) is 18.3 Å². The lowest BCUT2D eigenvalue weighted by Crippen LogP contribution is -2.20. The third-order valence-corrected chi connectivity index (χ3v) is 5.68. The molecular weight excluding hydrogens is 527 g/mol. The van der Waals surface area contributed by atoms with E-state index in [9.17, 15) is 28.1 Å². The summed E-state index contributed by atoms with van der Waals surface area (Å²) >= 11 is 5.96. The zero-order valence-electron chi connectivity index (χ0n) is 20.6. The monoisotopic (exact) mass is 547 g/mol. The van der Waals surface area contributed by atoms with Crippen LogP contribution in [0.4, 0.5) is 24.5 Å². The number of carbonyl (C=O) groups is 1. The zero-order valence-corrected chi connectivity index (χ0v) is 21.3. The number of alkyl halides is 3. The van der Waals surface area contributed by atoms with Gasteiger partial charge < -0.3 is 10.1 Å². The fraction of sp³-hybridized carbons (Fsp3) is 0.240. The minimum Gasteiger partial charge on any atom is -0.457 e. The lowest BCUT2D eigenvalue weighted by molar-refractivity contribution is -0.384. The standard InChI is InChI=1S/C25H21ClF3N5O4/c1-13-7-14(26)5-6-19(13)38-17-9-15(8-16(10-17)34(36)37)30-23(35)18-11-22-31-20(24(2,3)4)12-21(25(27,28)29)33(22)32-18/h5-12H,1-4H3,(H,30,35). The minimum absolute atomic E-state index is 0.0257. The molecule has 0 fully saturated rings. The highest BCUT2D eigenvalue weighted by atomic mass is 35.5. The second-order valence-electron chi connectivity index (χ2n) is 9.51. The molecule has 0 spiro atoms. The Kier molecular flexibility index (Phi) is 6.79. The molecule has 2 aromatic carbocycles. The van der Waals surface area contributed by atoms with E-state index in [2.05, 4.69) is 15.4 Å². The maximum Gasteiger partial charge on any atom is 0.433 e. The van der Waals surface area contributed by atoms with E-state index in [1.807, 2.05) is 0 Å². The van der Waals surface area contributed by atoms with Gasteiger partial charge in [-0.15, -0.1) is 0 Å². The number of halogens is 4. The van der Waals surface area contributed by atoms with E-state index in [1.165, 1.54) is 12.1 Å². The van der Waals surface area contributed by atoms with Gasteiger partial charge in [0.15, 0.2) is 11.3 Å². The number of anilines is 1. The van der Waals surface area contributed by atoms with Crippen LogP contribution in [-0.2, 0) is 11.6 Å². The van der Waals surface area contributed by atoms with Gasteiger partial charge in [0.1, 0.15) is 17.2 Å². The van der Waals surface area contributed by atoms with E-state index < -0.39 is 28.1 Å². The van der Waals surface area contributed by atoms with Crippen LogP contribution in [0, 0.1) is 17.0 Å². The highest BCUT2D eigenvalue weighted by Crippen LogP contribution is 2.34. The number of nitro groups is 1. The van der Waals surface area contributed by atoms with E-state index >= 15 is 0 Å². The van der Waals surface area contributed by atoms with E-state index in [-0.39, 0.29) is 34.2 Å². The Bertz CT molecular complexity index is 1580. The largest absolute Gasteiger partial charge is 0.457 e. The van der Waals surface area contributed by atoms with Crippen LogP contribution in [0.3, 0.4) is 0 Å². The molecule has 9 nitrogen and oxygen atoms in total. The Hall–Kier alpha value is -4.19. The van der Waals surface area contributed by atoms with E-state index in [0.717, 1.165) is 18.2 Å². The average molecular weight is 548 g/mol. The second-order valence-corrected chi connectivity index (χ2v) is 9.95. The molecule has 1 amide bonds. The number of rotatable bonds is 5. The van der Waals surface area contributed by atoms with Crippen molar-refractivity contribution in [1.82, 2.24) is 14.6 Å². The molecule has 0 aliphatic heterocycles. The Balaban J connectivity index is 1.70. The Morgan fingerprint density at radius 2 is 1.82 bits per heavy atom. The van der Waals surface area contributed by atoms with E-state index in [4.69, 9.17) is 16.3 Å². The summed E-state index contributed by atoms with van der Waals surface area (Å²) in [6.07, 6.45) is -4.76. The molecule has 0 radical (unpaired) electrons. The normalized spacial score (nSPS) is 12.0. The first-order chi connectivity index (χ1) is 17.6. The molecule has 0 saturated heterocycles. The lowest BCUT2D eigenvalue weighted by atomic mass is 9.91. The van der Waals surface area contributed by atoms with Crippen molar-refractivity contribution in [2.45, 2.75) is 39.3 Å². The van der Waals surface area contributed by atoms with Gasteiger partial charge in [-0.05, 0) is 36.8 Å². The summed E-state index contributed by atoms with van der Waals surface area (Å²) in [6.45, 7) is 6.87. The topological polar surface area (TPSA) is 112 Å². The number of nitro benzene ring substituents is 1. The number of carbonyl (C=O) groups excluding carboxylic acids is 1. The smallest absolute Gasteiger partial charge is 0.433 e. The number of aryl methyl sites for hydroxylation is 1. The zero-order chi connectivity index (χ0) is 28.0. The number of nitrogens with zero attached hydrogens (tertiary/aromatic N) is 4. The minimum atomic E-state index is -4.76. The van der Waals surface area contributed by atoms with Crippen molar-refractivity contribution in [2.75, 3.05) is 5.32 Å². The number of aromatic nitrogens is 3. The predicted molar refractivity (Wildman–Crippen MR) is 134 cm³/mol. The van der Waals surface area contributed by atoms with Crippen LogP contribution in [0.25, 0.3) is 5.65 Å². The quantitative estimate of drug-likeness (QED) is 0.213. The van der Waals surface area contributed by atoms with Crippen LogP contribution in [0.1, 0.15) is 48.2 Å². The predicted octanol–water partition coefficient (Wildman–Crippen LogP) is 6.96. The van der Waals surface area contributed by atoms with Gasteiger partial charge >= 0.3 is 6.18 Å². The lowest BCUT2D eigenvalue weighted by Gasteiger charge is -2.19. The number of ether oxygens (including phenoxy) is 1. The fourth-order valence-corrected chi connectivity index (χ4v) is 3.77. The first-order valence-corrected chi connectivity index (χ1v) is 11.5. The molecule has 0 saturated carbocycles. The molecule has 2 aromatic heterocycles. The van der Waals surface area contributed by atoms with Gasteiger partial charge in [-0.3, -0.25) is 14.9 Å². The van der Waals surface area contributed by atoms with Crippen molar-refractivity contribution >= 4 is 34.5 Å². The molecule has 13 heteroatoms. The maximum atomic E-state index is 13.8. The molecule has 1 N–H and O–H groups in total. The van der Waals surface area contributed by atoms with E-state index in [0.29, 0.717) is 20.9 Å². The number of non-ortho nitro benzene ring substituents is 1. The third kappa shape index (κ3) is 5.70. The number of nitrogens with one attached hydrogen (secondary N) is 1. The third-order valence-electron chi connectivity index (χ3n) is 5.44. The number of fused-ring (bicyclic) bond motifs is 1. The van der Waals surface area contributed by atoms with Crippen LogP contribution < -0.4 is 10.1 Å². The Labute approximate surface area is 219 Å². The van der Waals surface area contributed by atoms with Crippen LogP contribution >= 0.6 is 11.6 Å².